The van der Waals surface area contributed by atoms with Crippen LogP contribution in [0.4, 0.5) is 5.69 Å². The summed E-state index contributed by atoms with van der Waals surface area (Å²) in [5, 5.41) is 12.2. The van der Waals surface area contributed by atoms with E-state index in [0.29, 0.717) is 0 Å². The molecule has 3 aromatic rings. The lowest BCUT2D eigenvalue weighted by molar-refractivity contribution is -0.276. The molecule has 35 heavy (non-hydrogen) atoms. The standard InChI is InChI=1S/C29H34N2O4/c1-20-27(18-31(3)17-22-7-5-4-6-8-22)34-29(25-13-15-26(16-14-25)30-21(2)33)35-28(20)24-11-9-23(19-32)10-12-24/h4-16,20,27-29,32H,17-19H2,1-3H3,(H,30,33). The van der Waals surface area contributed by atoms with E-state index >= 15 is 0 Å². The molecule has 1 aliphatic heterocycles. The van der Waals surface area contributed by atoms with Crippen molar-refractivity contribution in [3.05, 3.63) is 101 Å². The molecule has 1 aliphatic rings. The van der Waals surface area contributed by atoms with Gasteiger partial charge in [0.2, 0.25) is 5.91 Å². The average Bonchev–Trinajstić information content (AvgIpc) is 2.86. The number of hydrogen-bond donors (Lipinski definition) is 2. The lowest BCUT2D eigenvalue weighted by Gasteiger charge is -2.42. The Kier molecular flexibility index (Phi) is 8.31. The molecule has 1 amide bonds. The Morgan fingerprint density at radius 1 is 0.914 bits per heavy atom. The van der Waals surface area contributed by atoms with Gasteiger partial charge in [-0.2, -0.15) is 0 Å². The predicted molar refractivity (Wildman–Crippen MR) is 136 cm³/mol. The number of anilines is 1. The van der Waals surface area contributed by atoms with Gasteiger partial charge in [-0.05, 0) is 35.9 Å². The molecule has 4 rings (SSSR count). The first-order valence-electron chi connectivity index (χ1n) is 12.0. The fourth-order valence-electron chi connectivity index (χ4n) is 4.52. The number of amides is 1. The lowest BCUT2D eigenvalue weighted by atomic mass is 9.90. The number of hydrogen-bond acceptors (Lipinski definition) is 5. The summed E-state index contributed by atoms with van der Waals surface area (Å²) in [5.74, 6) is 0.00718. The van der Waals surface area contributed by atoms with Crippen LogP contribution in [0.1, 0.15) is 48.5 Å². The van der Waals surface area contributed by atoms with E-state index in [1.807, 2.05) is 54.6 Å². The Bertz CT molecular complexity index is 1090. The third kappa shape index (κ3) is 6.55. The second-order valence-corrected chi connectivity index (χ2v) is 9.31. The maximum atomic E-state index is 11.4. The highest BCUT2D eigenvalue weighted by molar-refractivity contribution is 5.88. The summed E-state index contributed by atoms with van der Waals surface area (Å²) in [5.41, 5.74) is 4.83. The number of nitrogens with zero attached hydrogens (tertiary/aromatic N) is 1. The van der Waals surface area contributed by atoms with Gasteiger partial charge in [-0.15, -0.1) is 0 Å². The van der Waals surface area contributed by atoms with Gasteiger partial charge in [-0.25, -0.2) is 0 Å². The number of aliphatic hydroxyl groups excluding tert-OH is 1. The highest BCUT2D eigenvalue weighted by atomic mass is 16.7. The van der Waals surface area contributed by atoms with Crippen molar-refractivity contribution in [3.8, 4) is 0 Å². The second kappa shape index (κ2) is 11.6. The Morgan fingerprint density at radius 3 is 2.20 bits per heavy atom. The minimum Gasteiger partial charge on any atom is -0.392 e. The van der Waals surface area contributed by atoms with E-state index in [-0.39, 0.29) is 30.6 Å². The Balaban J connectivity index is 1.56. The SMILES string of the molecule is CC(=O)Nc1ccc(C2OC(CN(C)Cc3ccccc3)C(C)C(c3ccc(CO)cc3)O2)cc1. The van der Waals surface area contributed by atoms with Gasteiger partial charge in [0.1, 0.15) is 0 Å². The number of rotatable bonds is 8. The molecule has 0 aromatic heterocycles. The van der Waals surface area contributed by atoms with Crippen LogP contribution >= 0.6 is 0 Å². The van der Waals surface area contributed by atoms with Gasteiger partial charge in [-0.3, -0.25) is 9.69 Å². The van der Waals surface area contributed by atoms with E-state index < -0.39 is 6.29 Å². The van der Waals surface area contributed by atoms with Gasteiger partial charge in [0.15, 0.2) is 6.29 Å². The monoisotopic (exact) mass is 474 g/mol. The van der Waals surface area contributed by atoms with Crippen LogP contribution in [0.25, 0.3) is 0 Å². The third-order valence-corrected chi connectivity index (χ3v) is 6.41. The number of ether oxygens (including phenoxy) is 2. The van der Waals surface area contributed by atoms with E-state index in [4.69, 9.17) is 9.47 Å². The molecule has 6 heteroatoms. The molecule has 4 atom stereocenters. The highest BCUT2D eigenvalue weighted by Crippen LogP contribution is 2.42. The molecular formula is C29H34N2O4. The molecule has 0 aliphatic carbocycles. The van der Waals surface area contributed by atoms with Crippen LogP contribution in [-0.4, -0.2) is 35.6 Å². The topological polar surface area (TPSA) is 71.0 Å². The van der Waals surface area contributed by atoms with Crippen LogP contribution in [0.5, 0.6) is 0 Å². The third-order valence-electron chi connectivity index (χ3n) is 6.41. The molecular weight excluding hydrogens is 440 g/mol. The van der Waals surface area contributed by atoms with Gasteiger partial charge in [0.25, 0.3) is 0 Å². The number of carbonyl (C=O) groups excluding carboxylic acids is 1. The summed E-state index contributed by atoms with van der Waals surface area (Å²) in [6, 6.07) is 25.9. The summed E-state index contributed by atoms with van der Waals surface area (Å²) < 4.78 is 13.0. The van der Waals surface area contributed by atoms with Crippen molar-refractivity contribution in [1.82, 2.24) is 4.90 Å². The van der Waals surface area contributed by atoms with Crippen molar-refractivity contribution in [3.63, 3.8) is 0 Å². The zero-order valence-electron chi connectivity index (χ0n) is 20.6. The lowest BCUT2D eigenvalue weighted by Crippen LogP contribution is -2.43. The fourth-order valence-corrected chi connectivity index (χ4v) is 4.52. The Labute approximate surface area is 207 Å². The second-order valence-electron chi connectivity index (χ2n) is 9.31. The van der Waals surface area contributed by atoms with E-state index in [1.165, 1.54) is 12.5 Å². The largest absolute Gasteiger partial charge is 0.392 e. The first kappa shape index (κ1) is 25.1. The molecule has 0 bridgehead atoms. The fraction of sp³-hybridized carbons (Fsp3) is 0.345. The van der Waals surface area contributed by atoms with Gasteiger partial charge in [0, 0.05) is 37.2 Å². The summed E-state index contributed by atoms with van der Waals surface area (Å²) in [6.45, 7) is 5.26. The number of benzene rings is 3. The van der Waals surface area contributed by atoms with Crippen molar-refractivity contribution in [2.45, 2.75) is 45.5 Å². The quantitative estimate of drug-likeness (QED) is 0.478. The van der Waals surface area contributed by atoms with E-state index in [2.05, 4.69) is 48.5 Å². The highest BCUT2D eigenvalue weighted by Gasteiger charge is 2.38. The van der Waals surface area contributed by atoms with Crippen LogP contribution in [0.15, 0.2) is 78.9 Å². The number of aliphatic hydroxyl groups is 1. The van der Waals surface area contributed by atoms with Crippen LogP contribution < -0.4 is 5.32 Å². The van der Waals surface area contributed by atoms with Crippen molar-refractivity contribution in [2.24, 2.45) is 5.92 Å². The summed E-state index contributed by atoms with van der Waals surface area (Å²) in [4.78, 5) is 13.7. The maximum Gasteiger partial charge on any atom is 0.221 e. The van der Waals surface area contributed by atoms with Crippen molar-refractivity contribution < 1.29 is 19.4 Å². The molecule has 0 radical (unpaired) electrons. The molecule has 0 spiro atoms. The minimum absolute atomic E-state index is 0.0145. The van der Waals surface area contributed by atoms with E-state index in [0.717, 1.165) is 35.5 Å². The smallest absolute Gasteiger partial charge is 0.221 e. The first-order chi connectivity index (χ1) is 16.9. The Morgan fingerprint density at radius 2 is 1.57 bits per heavy atom. The van der Waals surface area contributed by atoms with Gasteiger partial charge in [0.05, 0.1) is 18.8 Å². The summed E-state index contributed by atoms with van der Waals surface area (Å²) in [6.07, 6.45) is -0.748. The summed E-state index contributed by atoms with van der Waals surface area (Å²) >= 11 is 0. The number of nitrogens with one attached hydrogen (secondary N) is 1. The zero-order valence-corrected chi connectivity index (χ0v) is 20.6. The Hall–Kier alpha value is -3.03. The van der Waals surface area contributed by atoms with Crippen LogP contribution in [0.2, 0.25) is 0 Å². The minimum atomic E-state index is -0.532. The molecule has 3 aromatic carbocycles. The van der Waals surface area contributed by atoms with E-state index in [1.54, 1.807) is 0 Å². The molecule has 184 valence electrons. The maximum absolute atomic E-state index is 11.4. The molecule has 0 saturated carbocycles. The van der Waals surface area contributed by atoms with Crippen LogP contribution in [0, 0.1) is 5.92 Å². The van der Waals surface area contributed by atoms with Gasteiger partial charge >= 0.3 is 0 Å². The normalized spacial score (nSPS) is 22.2. The molecule has 4 unspecified atom stereocenters. The van der Waals surface area contributed by atoms with Crippen LogP contribution in [-0.2, 0) is 27.4 Å². The molecule has 6 nitrogen and oxygen atoms in total. The molecule has 2 N–H and O–H groups in total. The number of carbonyl (C=O) groups is 1. The number of likely N-dealkylation sites (N-methyl/N-ethyl adjacent to an activating group) is 1. The zero-order chi connectivity index (χ0) is 24.8. The van der Waals surface area contributed by atoms with Crippen molar-refractivity contribution in [1.29, 1.82) is 0 Å². The molecule has 1 fully saturated rings. The van der Waals surface area contributed by atoms with Gasteiger partial charge in [-0.1, -0.05) is 73.7 Å². The van der Waals surface area contributed by atoms with E-state index in [9.17, 15) is 9.90 Å². The molecule has 1 heterocycles. The van der Waals surface area contributed by atoms with Crippen molar-refractivity contribution >= 4 is 11.6 Å². The predicted octanol–water partition coefficient (Wildman–Crippen LogP) is 5.06. The average molecular weight is 475 g/mol. The van der Waals surface area contributed by atoms with Gasteiger partial charge < -0.3 is 19.9 Å². The summed E-state index contributed by atoms with van der Waals surface area (Å²) in [7, 11) is 2.11. The van der Waals surface area contributed by atoms with Crippen molar-refractivity contribution in [2.75, 3.05) is 18.9 Å². The van der Waals surface area contributed by atoms with Crippen LogP contribution in [0.3, 0.4) is 0 Å². The first-order valence-corrected chi connectivity index (χ1v) is 12.0. The molecule has 1 saturated heterocycles.